The van der Waals surface area contributed by atoms with E-state index in [1.807, 2.05) is 12.1 Å². The van der Waals surface area contributed by atoms with Crippen molar-refractivity contribution in [1.29, 1.82) is 0 Å². The number of nitrogens with two attached hydrogens (primary N) is 1. The first-order valence-corrected chi connectivity index (χ1v) is 8.80. The second-order valence-electron chi connectivity index (χ2n) is 6.01. The fourth-order valence-electron chi connectivity index (χ4n) is 3.28. The third-order valence-electron chi connectivity index (χ3n) is 4.48. The highest BCUT2D eigenvalue weighted by Crippen LogP contribution is 2.31. The number of carbonyl (C=O) groups excluding carboxylic acids is 2. The molecule has 2 aliphatic heterocycles. The minimum atomic E-state index is -0.608. The number of imide groups is 1. The van der Waals surface area contributed by atoms with E-state index in [0.717, 1.165) is 16.2 Å². The molecule has 1 saturated heterocycles. The second kappa shape index (κ2) is 6.26. The lowest BCUT2D eigenvalue weighted by Gasteiger charge is -2.31. The van der Waals surface area contributed by atoms with Crippen molar-refractivity contribution >= 4 is 39.2 Å². The van der Waals surface area contributed by atoms with Crippen LogP contribution in [0, 0.1) is 0 Å². The Balaban J connectivity index is 1.95. The number of amides is 2. The number of rotatable bonds is 2. The number of anilines is 2. The number of ether oxygens (including phenoxy) is 1. The number of nitrogen functional groups attached to an aromatic ring is 1. The average Bonchev–Trinajstić information content (AvgIpc) is 2.90. The van der Waals surface area contributed by atoms with Gasteiger partial charge in [-0.15, -0.1) is 0 Å². The highest BCUT2D eigenvalue weighted by atomic mass is 79.9. The maximum atomic E-state index is 12.7. The lowest BCUT2D eigenvalue weighted by Crippen LogP contribution is -2.37. The van der Waals surface area contributed by atoms with Crippen LogP contribution in [0.3, 0.4) is 0 Å². The zero-order chi connectivity index (χ0) is 18.4. The van der Waals surface area contributed by atoms with E-state index in [-0.39, 0.29) is 16.9 Å². The Morgan fingerprint density at radius 1 is 1.04 bits per heavy atom. The van der Waals surface area contributed by atoms with Gasteiger partial charge in [0.1, 0.15) is 5.82 Å². The summed E-state index contributed by atoms with van der Waals surface area (Å²) in [6.07, 6.45) is 0. The SMILES string of the molecule is Nc1c2c(cc(=O)n1-c1cc(Br)ccc1N1CCOCC1)C(=O)NC2=O. The van der Waals surface area contributed by atoms with Crippen LogP contribution in [0.15, 0.2) is 33.5 Å². The van der Waals surface area contributed by atoms with Crippen LogP contribution in [-0.4, -0.2) is 42.7 Å². The number of pyridine rings is 1. The molecule has 9 heteroatoms. The molecule has 2 aromatic rings. The fourth-order valence-corrected chi connectivity index (χ4v) is 3.62. The van der Waals surface area contributed by atoms with Crippen LogP contribution in [0.2, 0.25) is 0 Å². The molecular formula is C17H15BrN4O4. The average molecular weight is 419 g/mol. The van der Waals surface area contributed by atoms with Crippen LogP contribution in [0.1, 0.15) is 20.7 Å². The van der Waals surface area contributed by atoms with Crippen LogP contribution in [-0.2, 0) is 4.74 Å². The van der Waals surface area contributed by atoms with Gasteiger partial charge < -0.3 is 15.4 Å². The largest absolute Gasteiger partial charge is 0.384 e. The van der Waals surface area contributed by atoms with Crippen molar-refractivity contribution in [2.24, 2.45) is 0 Å². The molecule has 0 atom stereocenters. The molecule has 134 valence electrons. The molecule has 0 aliphatic carbocycles. The first-order valence-electron chi connectivity index (χ1n) is 8.01. The van der Waals surface area contributed by atoms with Crippen molar-refractivity contribution in [3.05, 3.63) is 50.2 Å². The van der Waals surface area contributed by atoms with Gasteiger partial charge in [0.15, 0.2) is 0 Å². The predicted molar refractivity (Wildman–Crippen MR) is 99.0 cm³/mol. The van der Waals surface area contributed by atoms with Gasteiger partial charge in [0, 0.05) is 23.6 Å². The van der Waals surface area contributed by atoms with E-state index in [1.54, 1.807) is 6.07 Å². The number of nitrogens with one attached hydrogen (secondary N) is 1. The third kappa shape index (κ3) is 2.60. The number of benzene rings is 1. The number of aromatic nitrogens is 1. The van der Waals surface area contributed by atoms with Crippen molar-refractivity contribution in [3.8, 4) is 5.69 Å². The summed E-state index contributed by atoms with van der Waals surface area (Å²) in [6, 6.07) is 6.67. The van der Waals surface area contributed by atoms with Gasteiger partial charge >= 0.3 is 0 Å². The van der Waals surface area contributed by atoms with E-state index >= 15 is 0 Å². The molecule has 0 bridgehead atoms. The Labute approximate surface area is 156 Å². The molecule has 1 fully saturated rings. The maximum absolute atomic E-state index is 12.7. The van der Waals surface area contributed by atoms with E-state index in [4.69, 9.17) is 10.5 Å². The van der Waals surface area contributed by atoms with Gasteiger partial charge in [-0.3, -0.25) is 24.3 Å². The molecule has 1 aromatic heterocycles. The second-order valence-corrected chi connectivity index (χ2v) is 6.92. The minimum absolute atomic E-state index is 0.0108. The highest BCUT2D eigenvalue weighted by molar-refractivity contribution is 9.10. The Morgan fingerprint density at radius 2 is 1.77 bits per heavy atom. The first kappa shape index (κ1) is 16.8. The zero-order valence-electron chi connectivity index (χ0n) is 13.6. The fraction of sp³-hybridized carbons (Fsp3) is 0.235. The van der Waals surface area contributed by atoms with Crippen LogP contribution < -0.4 is 21.5 Å². The van der Waals surface area contributed by atoms with E-state index < -0.39 is 17.4 Å². The summed E-state index contributed by atoms with van der Waals surface area (Å²) in [6.45, 7) is 2.52. The lowest BCUT2D eigenvalue weighted by molar-refractivity contribution is 0.0880. The quantitative estimate of drug-likeness (QED) is 0.701. The van der Waals surface area contributed by atoms with E-state index in [9.17, 15) is 14.4 Å². The van der Waals surface area contributed by atoms with E-state index in [1.165, 1.54) is 4.57 Å². The Hall–Kier alpha value is -2.65. The lowest BCUT2D eigenvalue weighted by atomic mass is 10.1. The molecule has 0 saturated carbocycles. The van der Waals surface area contributed by atoms with E-state index in [0.29, 0.717) is 32.0 Å². The Kier molecular flexibility index (Phi) is 4.04. The van der Waals surface area contributed by atoms with Crippen molar-refractivity contribution in [2.45, 2.75) is 0 Å². The van der Waals surface area contributed by atoms with Gasteiger partial charge in [0.05, 0.1) is 35.7 Å². The molecule has 2 aliphatic rings. The van der Waals surface area contributed by atoms with Crippen molar-refractivity contribution in [3.63, 3.8) is 0 Å². The smallest absolute Gasteiger partial charge is 0.262 e. The van der Waals surface area contributed by atoms with Crippen LogP contribution in [0.25, 0.3) is 5.69 Å². The van der Waals surface area contributed by atoms with Gasteiger partial charge in [-0.2, -0.15) is 0 Å². The molecular weight excluding hydrogens is 404 g/mol. The summed E-state index contributed by atoms with van der Waals surface area (Å²) in [5.74, 6) is -1.26. The highest BCUT2D eigenvalue weighted by Gasteiger charge is 2.32. The van der Waals surface area contributed by atoms with Gasteiger partial charge in [-0.25, -0.2) is 0 Å². The summed E-state index contributed by atoms with van der Waals surface area (Å²) in [5, 5.41) is 2.17. The molecule has 4 rings (SSSR count). The van der Waals surface area contributed by atoms with Crippen LogP contribution >= 0.6 is 15.9 Å². The summed E-state index contributed by atoms with van der Waals surface area (Å²) in [5.41, 5.74) is 7.07. The molecule has 2 amide bonds. The van der Waals surface area contributed by atoms with Crippen molar-refractivity contribution in [2.75, 3.05) is 36.9 Å². The van der Waals surface area contributed by atoms with Gasteiger partial charge in [-0.1, -0.05) is 15.9 Å². The standard InChI is InChI=1S/C17H15BrN4O4/c18-9-1-2-11(21-3-5-26-6-4-21)12(7-9)22-13(23)8-10-14(15(22)19)17(25)20-16(10)24/h1-2,7-8H,3-6,19H2,(H,20,24,25). The molecule has 0 radical (unpaired) electrons. The third-order valence-corrected chi connectivity index (χ3v) is 4.98. The van der Waals surface area contributed by atoms with Crippen molar-refractivity contribution in [1.82, 2.24) is 9.88 Å². The molecule has 26 heavy (non-hydrogen) atoms. The van der Waals surface area contributed by atoms with Gasteiger partial charge in [0.25, 0.3) is 17.4 Å². The van der Waals surface area contributed by atoms with E-state index in [2.05, 4.69) is 26.1 Å². The maximum Gasteiger partial charge on any atom is 0.262 e. The summed E-state index contributed by atoms with van der Waals surface area (Å²) in [4.78, 5) is 38.7. The topological polar surface area (TPSA) is 107 Å². The number of fused-ring (bicyclic) bond motifs is 1. The van der Waals surface area contributed by atoms with Crippen LogP contribution in [0.5, 0.6) is 0 Å². The predicted octanol–water partition coefficient (Wildman–Crippen LogP) is 0.902. The summed E-state index contributed by atoms with van der Waals surface area (Å²) >= 11 is 3.42. The number of hydrogen-bond donors (Lipinski definition) is 2. The zero-order valence-corrected chi connectivity index (χ0v) is 15.2. The number of nitrogens with zero attached hydrogens (tertiary/aromatic N) is 2. The number of halogens is 1. The number of morpholine rings is 1. The monoisotopic (exact) mass is 418 g/mol. The van der Waals surface area contributed by atoms with Crippen molar-refractivity contribution < 1.29 is 14.3 Å². The van der Waals surface area contributed by atoms with Gasteiger partial charge in [-0.05, 0) is 18.2 Å². The van der Waals surface area contributed by atoms with Crippen LogP contribution in [0.4, 0.5) is 11.5 Å². The first-order chi connectivity index (χ1) is 12.5. The summed E-state index contributed by atoms with van der Waals surface area (Å²) in [7, 11) is 0. The molecule has 0 spiro atoms. The Bertz CT molecular complexity index is 995. The molecule has 3 heterocycles. The molecule has 1 aromatic carbocycles. The Morgan fingerprint density at radius 3 is 2.50 bits per heavy atom. The molecule has 0 unspecified atom stereocenters. The number of hydrogen-bond acceptors (Lipinski definition) is 6. The normalized spacial score (nSPS) is 16.6. The molecule has 8 nitrogen and oxygen atoms in total. The summed E-state index contributed by atoms with van der Waals surface area (Å²) < 4.78 is 7.42. The number of carbonyl (C=O) groups is 2. The van der Waals surface area contributed by atoms with Gasteiger partial charge in [0.2, 0.25) is 0 Å². The minimum Gasteiger partial charge on any atom is -0.384 e. The molecule has 3 N–H and O–H groups in total.